The summed E-state index contributed by atoms with van der Waals surface area (Å²) in [5, 5.41) is 10.9. The van der Waals surface area contributed by atoms with Crippen molar-refractivity contribution in [3.05, 3.63) is 0 Å². The lowest BCUT2D eigenvalue weighted by Crippen LogP contribution is -2.29. The van der Waals surface area contributed by atoms with Crippen molar-refractivity contribution in [3.8, 4) is 5.75 Å². The summed E-state index contributed by atoms with van der Waals surface area (Å²) in [6, 6.07) is 0. The molecule has 0 amide bonds. The van der Waals surface area contributed by atoms with Crippen molar-refractivity contribution in [1.82, 2.24) is 4.37 Å². The molecule has 1 unspecified atom stereocenters. The van der Waals surface area contributed by atoms with Gasteiger partial charge >= 0.3 is 0 Å². The molecule has 0 spiro atoms. The molecule has 3 N–H and O–H groups in total. The highest BCUT2D eigenvalue weighted by atomic mass is 32.1. The van der Waals surface area contributed by atoms with Gasteiger partial charge in [-0.15, -0.1) is 0 Å². The summed E-state index contributed by atoms with van der Waals surface area (Å²) >= 11 is 1.33. The smallest absolute Gasteiger partial charge is 0.197 e. The predicted molar refractivity (Wildman–Crippen MR) is 65.1 cm³/mol. The minimum absolute atomic E-state index is 0.438. The van der Waals surface area contributed by atoms with Crippen molar-refractivity contribution in [2.24, 2.45) is 0 Å². The lowest BCUT2D eigenvalue weighted by atomic mass is 10.1. The van der Waals surface area contributed by atoms with Crippen molar-refractivity contribution in [2.45, 2.75) is 25.9 Å². The Balaban J connectivity index is 2.21. The van der Waals surface area contributed by atoms with Crippen LogP contribution >= 0.6 is 11.5 Å². The van der Waals surface area contributed by atoms with Crippen LogP contribution in [0.25, 0.3) is 0 Å². The molecule has 2 rings (SSSR count). The van der Waals surface area contributed by atoms with Gasteiger partial charge in [0.1, 0.15) is 0 Å². The molecule has 0 aromatic carbocycles. The van der Waals surface area contributed by atoms with Crippen LogP contribution in [-0.4, -0.2) is 34.8 Å². The Morgan fingerprint density at radius 1 is 1.69 bits per heavy atom. The summed E-state index contributed by atoms with van der Waals surface area (Å²) in [5.41, 5.74) is 5.13. The Bertz CT molecular complexity index is 378. The lowest BCUT2D eigenvalue weighted by molar-refractivity contribution is 0.0839. The zero-order chi connectivity index (χ0) is 11.8. The summed E-state index contributed by atoms with van der Waals surface area (Å²) in [4.78, 5) is 2.08. The standard InChI is InChI=1S/C10H17N3O2S/c1-3-15-7-8(11)12-16-9(7)13-5-4-10(2,14)6-13/h14H,3-6H2,1-2H3,(H2,11,12). The molecule has 1 saturated heterocycles. The number of nitrogens with zero attached hydrogens (tertiary/aromatic N) is 2. The first-order chi connectivity index (χ1) is 7.53. The Hall–Kier alpha value is -1.01. The monoisotopic (exact) mass is 243 g/mol. The average Bonchev–Trinajstić information content (AvgIpc) is 2.72. The highest BCUT2D eigenvalue weighted by molar-refractivity contribution is 7.11. The van der Waals surface area contributed by atoms with Crippen LogP contribution in [0.2, 0.25) is 0 Å². The Morgan fingerprint density at radius 2 is 2.44 bits per heavy atom. The van der Waals surface area contributed by atoms with Gasteiger partial charge in [-0.3, -0.25) is 0 Å². The Labute approximate surface area is 99.0 Å². The molecule has 5 nitrogen and oxygen atoms in total. The molecule has 0 saturated carbocycles. The van der Waals surface area contributed by atoms with E-state index in [1.165, 1.54) is 11.5 Å². The molecule has 1 aliphatic rings. The molecule has 2 heterocycles. The molecule has 0 aliphatic carbocycles. The van der Waals surface area contributed by atoms with E-state index in [0.29, 0.717) is 24.7 Å². The third-order valence-electron chi connectivity index (χ3n) is 2.69. The third-order valence-corrected chi connectivity index (χ3v) is 3.59. The average molecular weight is 243 g/mol. The fraction of sp³-hybridized carbons (Fsp3) is 0.700. The van der Waals surface area contributed by atoms with Crippen LogP contribution in [0.1, 0.15) is 20.3 Å². The first kappa shape index (κ1) is 11.5. The van der Waals surface area contributed by atoms with Gasteiger partial charge in [-0.05, 0) is 31.8 Å². The summed E-state index contributed by atoms with van der Waals surface area (Å²) in [7, 11) is 0. The van der Waals surface area contributed by atoms with Gasteiger partial charge in [0.25, 0.3) is 0 Å². The molecule has 1 atom stereocenters. The van der Waals surface area contributed by atoms with Crippen molar-refractivity contribution in [1.29, 1.82) is 0 Å². The van der Waals surface area contributed by atoms with Gasteiger partial charge in [0.05, 0.1) is 12.2 Å². The number of rotatable bonds is 3. The number of nitrogen functional groups attached to an aromatic ring is 1. The second-order valence-electron chi connectivity index (χ2n) is 4.30. The highest BCUT2D eigenvalue weighted by Gasteiger charge is 2.34. The molecule has 1 aromatic rings. The Kier molecular flexibility index (Phi) is 2.94. The zero-order valence-corrected chi connectivity index (χ0v) is 10.4. The zero-order valence-electron chi connectivity index (χ0n) is 9.56. The molecule has 1 aromatic heterocycles. The van der Waals surface area contributed by atoms with E-state index in [1.54, 1.807) is 0 Å². The predicted octanol–water partition coefficient (Wildman–Crippen LogP) is 1.09. The number of anilines is 2. The largest absolute Gasteiger partial charge is 0.487 e. The van der Waals surface area contributed by atoms with Gasteiger partial charge in [-0.1, -0.05) is 0 Å². The van der Waals surface area contributed by atoms with E-state index in [1.807, 2.05) is 13.8 Å². The van der Waals surface area contributed by atoms with E-state index in [-0.39, 0.29) is 0 Å². The van der Waals surface area contributed by atoms with Crippen molar-refractivity contribution in [2.75, 3.05) is 30.3 Å². The van der Waals surface area contributed by atoms with Gasteiger partial charge in [0, 0.05) is 13.1 Å². The quantitative estimate of drug-likeness (QED) is 0.831. The van der Waals surface area contributed by atoms with E-state index in [4.69, 9.17) is 10.5 Å². The van der Waals surface area contributed by atoms with Crippen LogP contribution < -0.4 is 15.4 Å². The second-order valence-corrected chi connectivity index (χ2v) is 5.06. The number of ether oxygens (including phenoxy) is 1. The molecule has 1 aliphatic heterocycles. The number of β-amino-alcohol motifs (C(OH)–C–C–N with tert-alkyl or cyclic N) is 1. The van der Waals surface area contributed by atoms with E-state index in [9.17, 15) is 5.11 Å². The number of hydrogen-bond acceptors (Lipinski definition) is 6. The van der Waals surface area contributed by atoms with Gasteiger partial charge < -0.3 is 20.5 Å². The number of nitrogens with two attached hydrogens (primary N) is 1. The van der Waals surface area contributed by atoms with Crippen LogP contribution in [0.15, 0.2) is 0 Å². The molecule has 90 valence electrons. The summed E-state index contributed by atoms with van der Waals surface area (Å²) in [5.74, 6) is 1.10. The first-order valence-electron chi connectivity index (χ1n) is 5.39. The van der Waals surface area contributed by atoms with Crippen LogP contribution in [0.5, 0.6) is 5.75 Å². The topological polar surface area (TPSA) is 71.6 Å². The van der Waals surface area contributed by atoms with Gasteiger partial charge in [-0.2, -0.15) is 4.37 Å². The summed E-state index contributed by atoms with van der Waals surface area (Å²) in [6.07, 6.45) is 0.760. The molecule has 0 bridgehead atoms. The maximum atomic E-state index is 9.92. The molecule has 16 heavy (non-hydrogen) atoms. The lowest BCUT2D eigenvalue weighted by Gasteiger charge is -2.19. The van der Waals surface area contributed by atoms with Crippen LogP contribution in [0.4, 0.5) is 10.8 Å². The third kappa shape index (κ3) is 2.08. The van der Waals surface area contributed by atoms with Crippen LogP contribution in [-0.2, 0) is 0 Å². The molecular weight excluding hydrogens is 226 g/mol. The van der Waals surface area contributed by atoms with E-state index in [0.717, 1.165) is 18.0 Å². The number of hydrogen-bond donors (Lipinski definition) is 2. The number of aliphatic hydroxyl groups is 1. The maximum absolute atomic E-state index is 9.92. The van der Waals surface area contributed by atoms with Crippen LogP contribution in [0, 0.1) is 0 Å². The second kappa shape index (κ2) is 4.10. The SMILES string of the molecule is CCOc1c(N)nsc1N1CCC(C)(O)C1. The molecule has 1 fully saturated rings. The van der Waals surface area contributed by atoms with Gasteiger partial charge in [0.2, 0.25) is 0 Å². The van der Waals surface area contributed by atoms with Crippen molar-refractivity contribution in [3.63, 3.8) is 0 Å². The normalized spacial score (nSPS) is 25.1. The highest BCUT2D eigenvalue weighted by Crippen LogP contribution is 2.40. The fourth-order valence-corrected chi connectivity index (χ4v) is 2.67. The van der Waals surface area contributed by atoms with Crippen molar-refractivity contribution >= 4 is 22.4 Å². The molecule has 6 heteroatoms. The fourth-order valence-electron chi connectivity index (χ4n) is 1.88. The van der Waals surface area contributed by atoms with E-state index >= 15 is 0 Å². The minimum Gasteiger partial charge on any atom is -0.487 e. The first-order valence-corrected chi connectivity index (χ1v) is 6.16. The van der Waals surface area contributed by atoms with Gasteiger partial charge in [0.15, 0.2) is 16.6 Å². The summed E-state index contributed by atoms with van der Waals surface area (Å²) < 4.78 is 9.59. The van der Waals surface area contributed by atoms with Crippen LogP contribution in [0.3, 0.4) is 0 Å². The summed E-state index contributed by atoms with van der Waals surface area (Å²) in [6.45, 7) is 5.75. The molecule has 0 radical (unpaired) electrons. The van der Waals surface area contributed by atoms with E-state index < -0.39 is 5.60 Å². The minimum atomic E-state index is -0.623. The Morgan fingerprint density at radius 3 is 3.00 bits per heavy atom. The van der Waals surface area contributed by atoms with E-state index in [2.05, 4.69) is 9.27 Å². The molecular formula is C10H17N3O2S. The maximum Gasteiger partial charge on any atom is 0.197 e. The van der Waals surface area contributed by atoms with Gasteiger partial charge in [-0.25, -0.2) is 0 Å². The van der Waals surface area contributed by atoms with Crippen molar-refractivity contribution < 1.29 is 9.84 Å². The number of aromatic nitrogens is 1.